The third-order valence-electron chi connectivity index (χ3n) is 5.87. The largest absolute Gasteiger partial charge is 0.326 e. The zero-order chi connectivity index (χ0) is 24.3. The predicted octanol–water partition coefficient (Wildman–Crippen LogP) is 4.64. The minimum atomic E-state index is -2.25. The standard InChI is InChI=1S/C25H29F2N3O2Si/c1-5-6-7-22(31)30-11-10-17-12-16(15-28)8-9-19(17)23(30)25(32)29-18-13-20(26)24(21(27)14-18)33(2,3)4/h8-9,12-14,23H,5-7,10-11H2,1-4H3,(H,29,32)/t23-/m1/s1. The van der Waals surface area contributed by atoms with Gasteiger partial charge in [-0.2, -0.15) is 5.26 Å². The summed E-state index contributed by atoms with van der Waals surface area (Å²) in [6.07, 6.45) is 2.40. The van der Waals surface area contributed by atoms with Gasteiger partial charge in [-0.3, -0.25) is 9.59 Å². The Bertz CT molecular complexity index is 1100. The molecular weight excluding hydrogens is 440 g/mol. The summed E-state index contributed by atoms with van der Waals surface area (Å²) < 4.78 is 29.4. The second kappa shape index (κ2) is 9.83. The molecular formula is C25H29F2N3O2Si. The van der Waals surface area contributed by atoms with E-state index in [0.29, 0.717) is 36.9 Å². The SMILES string of the molecule is CCCCC(=O)N1CCc2cc(C#N)ccc2[C@@H]1C(=O)Nc1cc(F)c([Si](C)(C)C)c(F)c1. The molecule has 0 saturated heterocycles. The van der Waals surface area contributed by atoms with Crippen molar-refractivity contribution in [3.63, 3.8) is 0 Å². The molecule has 2 aromatic carbocycles. The number of hydrogen-bond acceptors (Lipinski definition) is 3. The molecule has 0 unspecified atom stereocenters. The number of amides is 2. The third-order valence-corrected chi connectivity index (χ3v) is 7.85. The van der Waals surface area contributed by atoms with Gasteiger partial charge in [0.05, 0.1) is 19.7 Å². The van der Waals surface area contributed by atoms with Crippen LogP contribution in [0.25, 0.3) is 0 Å². The lowest BCUT2D eigenvalue weighted by molar-refractivity contribution is -0.139. The van der Waals surface area contributed by atoms with Crippen LogP contribution in [0.5, 0.6) is 0 Å². The molecule has 8 heteroatoms. The molecule has 1 aliphatic heterocycles. The van der Waals surface area contributed by atoms with Gasteiger partial charge in [-0.05, 0) is 48.2 Å². The van der Waals surface area contributed by atoms with Crippen LogP contribution in [0.3, 0.4) is 0 Å². The Morgan fingerprint density at radius 1 is 1.18 bits per heavy atom. The van der Waals surface area contributed by atoms with E-state index in [1.165, 1.54) is 4.90 Å². The highest BCUT2D eigenvalue weighted by atomic mass is 28.3. The predicted molar refractivity (Wildman–Crippen MR) is 127 cm³/mol. The Morgan fingerprint density at radius 2 is 1.85 bits per heavy atom. The summed E-state index contributed by atoms with van der Waals surface area (Å²) >= 11 is 0. The number of nitriles is 1. The molecule has 0 bridgehead atoms. The summed E-state index contributed by atoms with van der Waals surface area (Å²) in [6.45, 7) is 7.86. The number of benzene rings is 2. The highest BCUT2D eigenvalue weighted by molar-refractivity contribution is 6.88. The Labute approximate surface area is 194 Å². The molecule has 0 radical (unpaired) electrons. The lowest BCUT2D eigenvalue weighted by atomic mass is 9.90. The maximum atomic E-state index is 14.7. The molecule has 5 nitrogen and oxygen atoms in total. The van der Waals surface area contributed by atoms with E-state index in [1.54, 1.807) is 18.2 Å². The number of carbonyl (C=O) groups is 2. The lowest BCUT2D eigenvalue weighted by Crippen LogP contribution is -2.45. The van der Waals surface area contributed by atoms with Crippen LogP contribution < -0.4 is 10.5 Å². The number of rotatable bonds is 6. The van der Waals surface area contributed by atoms with E-state index < -0.39 is 31.7 Å². The number of hydrogen-bond donors (Lipinski definition) is 1. The van der Waals surface area contributed by atoms with E-state index in [4.69, 9.17) is 0 Å². The molecule has 1 N–H and O–H groups in total. The van der Waals surface area contributed by atoms with Gasteiger partial charge in [0.25, 0.3) is 5.91 Å². The van der Waals surface area contributed by atoms with E-state index in [9.17, 15) is 23.6 Å². The molecule has 2 amide bonds. The summed E-state index contributed by atoms with van der Waals surface area (Å²) in [7, 11) is -2.25. The molecule has 33 heavy (non-hydrogen) atoms. The van der Waals surface area contributed by atoms with E-state index in [1.807, 2.05) is 26.6 Å². The first kappa shape index (κ1) is 24.6. The van der Waals surface area contributed by atoms with Crippen LogP contribution >= 0.6 is 0 Å². The van der Waals surface area contributed by atoms with E-state index in [2.05, 4.69) is 11.4 Å². The van der Waals surface area contributed by atoms with E-state index in [-0.39, 0.29) is 16.8 Å². The third kappa shape index (κ3) is 5.30. The smallest absolute Gasteiger partial charge is 0.251 e. The minimum absolute atomic E-state index is 0.0127. The highest BCUT2D eigenvalue weighted by Gasteiger charge is 2.36. The molecule has 0 aromatic heterocycles. The van der Waals surface area contributed by atoms with Crippen molar-refractivity contribution in [3.05, 3.63) is 58.7 Å². The second-order valence-corrected chi connectivity index (χ2v) is 14.4. The summed E-state index contributed by atoms with van der Waals surface area (Å²) in [5, 5.41) is 11.9. The van der Waals surface area contributed by atoms with Crippen LogP contribution in [0, 0.1) is 23.0 Å². The molecule has 1 heterocycles. The van der Waals surface area contributed by atoms with E-state index >= 15 is 0 Å². The first-order chi connectivity index (χ1) is 15.6. The van der Waals surface area contributed by atoms with Crippen LogP contribution in [0.1, 0.15) is 48.9 Å². The highest BCUT2D eigenvalue weighted by Crippen LogP contribution is 2.32. The fourth-order valence-electron chi connectivity index (χ4n) is 4.29. The van der Waals surface area contributed by atoms with Crippen molar-refractivity contribution in [2.24, 2.45) is 0 Å². The quantitative estimate of drug-likeness (QED) is 0.627. The summed E-state index contributed by atoms with van der Waals surface area (Å²) in [5.41, 5.74) is 1.94. The van der Waals surface area contributed by atoms with Crippen LogP contribution in [0.4, 0.5) is 14.5 Å². The second-order valence-electron chi connectivity index (χ2n) is 9.42. The number of unbranched alkanes of at least 4 members (excludes halogenated alkanes) is 1. The summed E-state index contributed by atoms with van der Waals surface area (Å²) in [4.78, 5) is 27.8. The molecule has 3 rings (SSSR count). The van der Waals surface area contributed by atoms with Crippen molar-refractivity contribution >= 4 is 30.8 Å². The van der Waals surface area contributed by atoms with Gasteiger partial charge >= 0.3 is 0 Å². The van der Waals surface area contributed by atoms with Crippen molar-refractivity contribution in [3.8, 4) is 6.07 Å². The van der Waals surface area contributed by atoms with Gasteiger partial charge in [0, 0.05) is 23.8 Å². The van der Waals surface area contributed by atoms with Crippen molar-refractivity contribution in [2.45, 2.75) is 58.3 Å². The van der Waals surface area contributed by atoms with Gasteiger partial charge in [-0.15, -0.1) is 0 Å². The van der Waals surface area contributed by atoms with Gasteiger partial charge in [-0.25, -0.2) is 8.78 Å². The minimum Gasteiger partial charge on any atom is -0.326 e. The van der Waals surface area contributed by atoms with Gasteiger partial charge in [0.1, 0.15) is 17.7 Å². The molecule has 0 spiro atoms. The van der Waals surface area contributed by atoms with Crippen molar-refractivity contribution in [2.75, 3.05) is 11.9 Å². The molecule has 0 aliphatic carbocycles. The number of carbonyl (C=O) groups excluding carboxylic acids is 2. The zero-order valence-corrected chi connectivity index (χ0v) is 20.5. The lowest BCUT2D eigenvalue weighted by Gasteiger charge is -2.36. The Hall–Kier alpha value is -3.05. The van der Waals surface area contributed by atoms with Gasteiger partial charge < -0.3 is 10.2 Å². The maximum Gasteiger partial charge on any atom is 0.251 e. The fraction of sp³-hybridized carbons (Fsp3) is 0.400. The van der Waals surface area contributed by atoms with Gasteiger partial charge in [-0.1, -0.05) is 39.1 Å². The van der Waals surface area contributed by atoms with Crippen LogP contribution in [-0.4, -0.2) is 31.3 Å². The fourth-order valence-corrected chi connectivity index (χ4v) is 5.87. The molecule has 1 atom stereocenters. The van der Waals surface area contributed by atoms with Crippen LogP contribution in [0.2, 0.25) is 19.6 Å². The Morgan fingerprint density at radius 3 is 2.42 bits per heavy atom. The zero-order valence-electron chi connectivity index (χ0n) is 19.5. The average molecular weight is 470 g/mol. The van der Waals surface area contributed by atoms with Gasteiger partial charge in [0.15, 0.2) is 0 Å². The molecule has 0 saturated carbocycles. The Kier molecular flexibility index (Phi) is 7.33. The van der Waals surface area contributed by atoms with E-state index in [0.717, 1.165) is 24.1 Å². The summed E-state index contributed by atoms with van der Waals surface area (Å²) in [5.74, 6) is -2.03. The van der Waals surface area contributed by atoms with Crippen molar-refractivity contribution in [1.29, 1.82) is 5.26 Å². The number of halogens is 2. The Balaban J connectivity index is 1.97. The molecule has 174 valence electrons. The normalized spacial score (nSPS) is 15.5. The molecule has 0 fully saturated rings. The number of nitrogens with zero attached hydrogens (tertiary/aromatic N) is 2. The number of anilines is 1. The monoisotopic (exact) mass is 469 g/mol. The first-order valence-electron chi connectivity index (χ1n) is 11.2. The van der Waals surface area contributed by atoms with Crippen LogP contribution in [0.15, 0.2) is 30.3 Å². The van der Waals surface area contributed by atoms with Crippen molar-refractivity contribution in [1.82, 2.24) is 4.90 Å². The number of nitrogens with one attached hydrogen (secondary N) is 1. The number of fused-ring (bicyclic) bond motifs is 1. The van der Waals surface area contributed by atoms with Crippen molar-refractivity contribution < 1.29 is 18.4 Å². The van der Waals surface area contributed by atoms with Gasteiger partial charge in [0.2, 0.25) is 5.91 Å². The summed E-state index contributed by atoms with van der Waals surface area (Å²) in [6, 6.07) is 8.46. The first-order valence-corrected chi connectivity index (χ1v) is 14.7. The topological polar surface area (TPSA) is 73.2 Å². The molecule has 1 aliphatic rings. The average Bonchev–Trinajstić information content (AvgIpc) is 2.74. The van der Waals surface area contributed by atoms with Crippen LogP contribution in [-0.2, 0) is 16.0 Å². The molecule has 2 aromatic rings. The maximum absolute atomic E-state index is 14.7.